The molecule has 0 unspecified atom stereocenters. The minimum atomic E-state index is -4.29. The van der Waals surface area contributed by atoms with Gasteiger partial charge in [-0.15, -0.1) is 0 Å². The van der Waals surface area contributed by atoms with E-state index in [4.69, 9.17) is 0 Å². The lowest BCUT2D eigenvalue weighted by atomic mass is 10.3. The van der Waals surface area contributed by atoms with E-state index in [1.54, 1.807) is 13.0 Å². The first-order valence-electron chi connectivity index (χ1n) is 7.41. The highest BCUT2D eigenvalue weighted by atomic mass is 32.2. The summed E-state index contributed by atoms with van der Waals surface area (Å²) in [6, 6.07) is 4.59. The molecule has 0 aliphatic rings. The van der Waals surface area contributed by atoms with Gasteiger partial charge in [-0.1, -0.05) is 6.07 Å². The fraction of sp³-hybridized carbons (Fsp3) is 0.333. The Morgan fingerprint density at radius 1 is 1.12 bits per heavy atom. The van der Waals surface area contributed by atoms with Crippen LogP contribution in [0.3, 0.4) is 0 Å². The van der Waals surface area contributed by atoms with Crippen molar-refractivity contribution in [3.05, 3.63) is 41.7 Å². The zero-order valence-electron chi connectivity index (χ0n) is 14.0. The van der Waals surface area contributed by atoms with Crippen LogP contribution >= 0.6 is 0 Å². The van der Waals surface area contributed by atoms with Crippen LogP contribution in [0.1, 0.15) is 5.82 Å². The van der Waals surface area contributed by atoms with Gasteiger partial charge in [-0.05, 0) is 19.1 Å². The standard InChI is InChI=1S/C15H19F2N5O2S/c1-10-20-13(9-14(21-10)22(2)3)18-7-8-19-25(23,24)15-11(16)5-4-6-12(15)17/h4-6,9,19H,7-8H2,1-3H3,(H,18,20,21). The molecule has 0 fully saturated rings. The van der Waals surface area contributed by atoms with Crippen molar-refractivity contribution in [1.29, 1.82) is 0 Å². The van der Waals surface area contributed by atoms with Crippen LogP contribution in [-0.4, -0.2) is 45.6 Å². The highest BCUT2D eigenvalue weighted by Gasteiger charge is 2.23. The quantitative estimate of drug-likeness (QED) is 0.718. The zero-order valence-corrected chi connectivity index (χ0v) is 14.9. The van der Waals surface area contributed by atoms with Crippen molar-refractivity contribution in [1.82, 2.24) is 14.7 Å². The van der Waals surface area contributed by atoms with E-state index in [1.165, 1.54) is 0 Å². The Hall–Kier alpha value is -2.33. The second-order valence-electron chi connectivity index (χ2n) is 5.43. The monoisotopic (exact) mass is 371 g/mol. The summed E-state index contributed by atoms with van der Waals surface area (Å²) in [5.74, 6) is -0.496. The highest BCUT2D eigenvalue weighted by molar-refractivity contribution is 7.89. The molecule has 0 saturated carbocycles. The second-order valence-corrected chi connectivity index (χ2v) is 7.13. The van der Waals surface area contributed by atoms with Gasteiger partial charge in [0, 0.05) is 33.3 Å². The topological polar surface area (TPSA) is 87.2 Å². The van der Waals surface area contributed by atoms with Gasteiger partial charge in [0.05, 0.1) is 0 Å². The number of anilines is 2. The van der Waals surface area contributed by atoms with Crippen LogP contribution in [-0.2, 0) is 10.0 Å². The summed E-state index contributed by atoms with van der Waals surface area (Å²) in [6.45, 7) is 1.84. The van der Waals surface area contributed by atoms with E-state index in [1.807, 2.05) is 19.0 Å². The Bertz CT molecular complexity index is 839. The third kappa shape index (κ3) is 4.83. The van der Waals surface area contributed by atoms with Gasteiger partial charge in [0.2, 0.25) is 10.0 Å². The summed E-state index contributed by atoms with van der Waals surface area (Å²) in [5.41, 5.74) is 0. The normalized spacial score (nSPS) is 11.4. The first-order chi connectivity index (χ1) is 11.7. The Morgan fingerprint density at radius 3 is 2.36 bits per heavy atom. The number of rotatable bonds is 7. The van der Waals surface area contributed by atoms with Crippen LogP contribution in [0.2, 0.25) is 0 Å². The number of hydrogen-bond donors (Lipinski definition) is 2. The maximum atomic E-state index is 13.6. The van der Waals surface area contributed by atoms with E-state index < -0.39 is 26.6 Å². The molecule has 25 heavy (non-hydrogen) atoms. The summed E-state index contributed by atoms with van der Waals surface area (Å²) in [7, 11) is -0.615. The number of nitrogens with zero attached hydrogens (tertiary/aromatic N) is 3. The first kappa shape index (κ1) is 19.0. The lowest BCUT2D eigenvalue weighted by Crippen LogP contribution is -2.30. The molecular weight excluding hydrogens is 352 g/mol. The van der Waals surface area contributed by atoms with Gasteiger partial charge in [-0.25, -0.2) is 31.9 Å². The minimum absolute atomic E-state index is 0.0730. The zero-order chi connectivity index (χ0) is 18.6. The maximum Gasteiger partial charge on any atom is 0.246 e. The van der Waals surface area contributed by atoms with Gasteiger partial charge in [0.15, 0.2) is 4.90 Å². The summed E-state index contributed by atoms with van der Waals surface area (Å²) < 4.78 is 53.4. The molecule has 0 aliphatic carbocycles. The summed E-state index contributed by atoms with van der Waals surface area (Å²) in [5, 5.41) is 2.94. The van der Waals surface area contributed by atoms with Gasteiger partial charge in [-0.3, -0.25) is 0 Å². The van der Waals surface area contributed by atoms with E-state index in [0.717, 1.165) is 18.2 Å². The largest absolute Gasteiger partial charge is 0.369 e. The van der Waals surface area contributed by atoms with Crippen LogP contribution in [0.4, 0.5) is 20.4 Å². The predicted molar refractivity (Wildman–Crippen MR) is 91.1 cm³/mol. The summed E-state index contributed by atoms with van der Waals surface area (Å²) in [4.78, 5) is 9.26. The molecule has 2 aromatic rings. The molecule has 2 N–H and O–H groups in total. The van der Waals surface area contributed by atoms with E-state index in [0.29, 0.717) is 17.5 Å². The van der Waals surface area contributed by atoms with Crippen molar-refractivity contribution in [3.8, 4) is 0 Å². The molecule has 0 aliphatic heterocycles. The van der Waals surface area contributed by atoms with Crippen molar-refractivity contribution < 1.29 is 17.2 Å². The Kier molecular flexibility index (Phi) is 5.85. The van der Waals surface area contributed by atoms with E-state index in [2.05, 4.69) is 20.0 Å². The van der Waals surface area contributed by atoms with Gasteiger partial charge < -0.3 is 10.2 Å². The van der Waals surface area contributed by atoms with E-state index in [-0.39, 0.29) is 13.1 Å². The molecule has 0 saturated heterocycles. The SMILES string of the molecule is Cc1nc(NCCNS(=O)(=O)c2c(F)cccc2F)cc(N(C)C)n1. The molecule has 7 nitrogen and oxygen atoms in total. The lowest BCUT2D eigenvalue weighted by Gasteiger charge is -2.14. The van der Waals surface area contributed by atoms with E-state index >= 15 is 0 Å². The summed E-state index contributed by atoms with van der Waals surface area (Å²) in [6.07, 6.45) is 0. The second kappa shape index (κ2) is 7.70. The smallest absolute Gasteiger partial charge is 0.246 e. The molecule has 0 bridgehead atoms. The van der Waals surface area contributed by atoms with E-state index in [9.17, 15) is 17.2 Å². The molecule has 0 radical (unpaired) electrons. The Balaban J connectivity index is 1.99. The third-order valence-electron chi connectivity index (χ3n) is 3.19. The molecule has 0 atom stereocenters. The van der Waals surface area contributed by atoms with Crippen LogP contribution in [0.15, 0.2) is 29.2 Å². The fourth-order valence-corrected chi connectivity index (χ4v) is 3.22. The van der Waals surface area contributed by atoms with Gasteiger partial charge in [0.25, 0.3) is 0 Å². The highest BCUT2D eigenvalue weighted by Crippen LogP contribution is 2.18. The molecular formula is C15H19F2N5O2S. The van der Waals surface area contributed by atoms with Gasteiger partial charge >= 0.3 is 0 Å². The molecule has 2 rings (SSSR count). The molecule has 0 amide bonds. The first-order valence-corrected chi connectivity index (χ1v) is 8.89. The number of nitrogens with one attached hydrogen (secondary N) is 2. The summed E-state index contributed by atoms with van der Waals surface area (Å²) >= 11 is 0. The average Bonchev–Trinajstić information content (AvgIpc) is 2.50. The lowest BCUT2D eigenvalue weighted by molar-refractivity contribution is 0.514. The van der Waals surface area contributed by atoms with Crippen LogP contribution in [0.5, 0.6) is 0 Å². The van der Waals surface area contributed by atoms with Gasteiger partial charge in [0.1, 0.15) is 29.1 Å². The van der Waals surface area contributed by atoms with Crippen LogP contribution < -0.4 is 14.9 Å². The minimum Gasteiger partial charge on any atom is -0.369 e. The molecule has 1 aromatic carbocycles. The van der Waals surface area contributed by atoms with Crippen molar-refractivity contribution in [3.63, 3.8) is 0 Å². The predicted octanol–water partition coefficient (Wildman–Crippen LogP) is 1.52. The van der Waals surface area contributed by atoms with Crippen molar-refractivity contribution >= 4 is 21.7 Å². The fourth-order valence-electron chi connectivity index (χ4n) is 2.06. The van der Waals surface area contributed by atoms with Crippen molar-refractivity contribution in [2.45, 2.75) is 11.8 Å². The van der Waals surface area contributed by atoms with Crippen LogP contribution in [0, 0.1) is 18.6 Å². The third-order valence-corrected chi connectivity index (χ3v) is 4.71. The number of halogens is 2. The van der Waals surface area contributed by atoms with Crippen molar-refractivity contribution in [2.24, 2.45) is 0 Å². The number of aryl methyl sites for hydroxylation is 1. The van der Waals surface area contributed by atoms with Crippen LogP contribution in [0.25, 0.3) is 0 Å². The maximum absolute atomic E-state index is 13.6. The van der Waals surface area contributed by atoms with Crippen molar-refractivity contribution in [2.75, 3.05) is 37.4 Å². The molecule has 0 spiro atoms. The average molecular weight is 371 g/mol. The molecule has 1 heterocycles. The molecule has 136 valence electrons. The number of aromatic nitrogens is 2. The number of sulfonamides is 1. The number of hydrogen-bond acceptors (Lipinski definition) is 6. The molecule has 10 heteroatoms. The number of benzene rings is 1. The Labute approximate surface area is 145 Å². The molecule has 1 aromatic heterocycles. The van der Waals surface area contributed by atoms with Gasteiger partial charge in [-0.2, -0.15) is 0 Å². The Morgan fingerprint density at radius 2 is 1.76 bits per heavy atom.